The zero-order valence-corrected chi connectivity index (χ0v) is 15.0. The fourth-order valence-electron chi connectivity index (χ4n) is 2.19. The van der Waals surface area contributed by atoms with E-state index >= 15 is 0 Å². The highest BCUT2D eigenvalue weighted by molar-refractivity contribution is 4.81. The third-order valence-corrected chi connectivity index (χ3v) is 3.51. The number of hydrogen-bond donors (Lipinski definition) is 0. The van der Waals surface area contributed by atoms with Crippen molar-refractivity contribution in [2.24, 2.45) is 0 Å². The van der Waals surface area contributed by atoms with E-state index in [1.807, 2.05) is 0 Å². The van der Waals surface area contributed by atoms with E-state index in [2.05, 4.69) is 52.2 Å². The topological polar surface area (TPSA) is 0 Å². The zero-order valence-electron chi connectivity index (χ0n) is 14.2. The largest absolute Gasteiger partial charge is 1.00 e. The zero-order chi connectivity index (χ0) is 14.4. The lowest BCUT2D eigenvalue weighted by Crippen LogP contribution is -3.00. The molecule has 0 aliphatic heterocycles. The first-order valence-corrected chi connectivity index (χ1v) is 8.24. The van der Waals surface area contributed by atoms with Gasteiger partial charge in [-0.2, -0.15) is 0 Å². The third-order valence-electron chi connectivity index (χ3n) is 3.51. The van der Waals surface area contributed by atoms with Gasteiger partial charge in [0, 0.05) is 0 Å². The quantitative estimate of drug-likeness (QED) is 0.295. The molecule has 20 heavy (non-hydrogen) atoms. The molecule has 0 saturated heterocycles. The summed E-state index contributed by atoms with van der Waals surface area (Å²) in [6, 6.07) is 0. The molecule has 0 unspecified atom stereocenters. The molecule has 0 radical (unpaired) electrons. The molecule has 0 aliphatic rings. The first-order chi connectivity index (χ1) is 9.12. The smallest absolute Gasteiger partial charge is 0.0785 e. The monoisotopic (exact) mass is 301 g/mol. The number of hydrogen-bond acceptors (Lipinski definition) is 0. The number of halogens is 1. The van der Waals surface area contributed by atoms with Crippen LogP contribution < -0.4 is 12.4 Å². The highest BCUT2D eigenvalue weighted by Gasteiger charge is 2.12. The Kier molecular flexibility index (Phi) is 16.7. The summed E-state index contributed by atoms with van der Waals surface area (Å²) in [5.41, 5.74) is 0. The molecule has 1 nitrogen and oxygen atoms in total. The molecule has 120 valence electrons. The Labute approximate surface area is 134 Å². The minimum absolute atomic E-state index is 0. The molecule has 0 heterocycles. The molecular formula is C18H36ClN. The first kappa shape index (κ1) is 22.0. The van der Waals surface area contributed by atoms with Crippen LogP contribution in [0.15, 0.2) is 24.3 Å². The predicted molar refractivity (Wildman–Crippen MR) is 88.4 cm³/mol. The average Bonchev–Trinajstić information content (AvgIpc) is 2.38. The van der Waals surface area contributed by atoms with Gasteiger partial charge >= 0.3 is 0 Å². The maximum atomic E-state index is 2.37. The van der Waals surface area contributed by atoms with Gasteiger partial charge in [-0.05, 0) is 38.5 Å². The summed E-state index contributed by atoms with van der Waals surface area (Å²) in [5, 5.41) is 0. The fourth-order valence-corrected chi connectivity index (χ4v) is 2.19. The minimum atomic E-state index is 0. The van der Waals surface area contributed by atoms with Crippen molar-refractivity contribution in [3.63, 3.8) is 0 Å². The Bertz CT molecular complexity index is 220. The van der Waals surface area contributed by atoms with Crippen molar-refractivity contribution in [2.45, 2.75) is 65.2 Å². The van der Waals surface area contributed by atoms with Crippen LogP contribution in [-0.4, -0.2) is 31.7 Å². The van der Waals surface area contributed by atoms with Gasteiger partial charge in [0.15, 0.2) is 0 Å². The molecule has 0 aromatic heterocycles. The van der Waals surface area contributed by atoms with Crippen LogP contribution in [-0.2, 0) is 0 Å². The highest BCUT2D eigenvalue weighted by atomic mass is 35.5. The molecule has 0 fully saturated rings. The van der Waals surface area contributed by atoms with Gasteiger partial charge < -0.3 is 16.9 Å². The van der Waals surface area contributed by atoms with Crippen LogP contribution in [0.25, 0.3) is 0 Å². The number of rotatable bonds is 12. The van der Waals surface area contributed by atoms with Crippen LogP contribution in [0.5, 0.6) is 0 Å². The maximum Gasteiger partial charge on any atom is 0.0785 e. The van der Waals surface area contributed by atoms with E-state index in [9.17, 15) is 0 Å². The molecule has 0 N–H and O–H groups in total. The molecule has 0 saturated carbocycles. The van der Waals surface area contributed by atoms with Gasteiger partial charge in [-0.3, -0.25) is 0 Å². The van der Waals surface area contributed by atoms with Gasteiger partial charge in [-0.25, -0.2) is 0 Å². The first-order valence-electron chi connectivity index (χ1n) is 8.24. The third kappa shape index (κ3) is 15.8. The molecule has 0 aliphatic carbocycles. The van der Waals surface area contributed by atoms with Crippen molar-refractivity contribution in [3.05, 3.63) is 24.3 Å². The summed E-state index contributed by atoms with van der Waals surface area (Å²) in [7, 11) is 4.73. The molecule has 0 aromatic carbocycles. The summed E-state index contributed by atoms with van der Waals surface area (Å²) >= 11 is 0. The molecule has 2 heteroatoms. The highest BCUT2D eigenvalue weighted by Crippen LogP contribution is 2.06. The van der Waals surface area contributed by atoms with Crippen molar-refractivity contribution in [2.75, 3.05) is 27.2 Å². The fraction of sp³-hybridized carbons (Fsp3) is 0.778. The Morgan fingerprint density at radius 1 is 0.650 bits per heavy atom. The van der Waals surface area contributed by atoms with Crippen molar-refractivity contribution >= 4 is 0 Å². The lowest BCUT2D eigenvalue weighted by Gasteiger charge is -2.29. The van der Waals surface area contributed by atoms with Crippen LogP contribution in [0, 0.1) is 0 Å². The molecule has 0 atom stereocenters. The lowest BCUT2D eigenvalue weighted by molar-refractivity contribution is -0.890. The van der Waals surface area contributed by atoms with Crippen LogP contribution in [0.2, 0.25) is 0 Å². The lowest BCUT2D eigenvalue weighted by atomic mass is 10.2. The number of allylic oxidation sites excluding steroid dienone is 4. The van der Waals surface area contributed by atoms with Crippen LogP contribution in [0.1, 0.15) is 65.2 Å². The van der Waals surface area contributed by atoms with E-state index in [-0.39, 0.29) is 12.4 Å². The summed E-state index contributed by atoms with van der Waals surface area (Å²) in [4.78, 5) is 0. The van der Waals surface area contributed by atoms with E-state index in [0.29, 0.717) is 0 Å². The minimum Gasteiger partial charge on any atom is -1.00 e. The Hall–Kier alpha value is -0.270. The van der Waals surface area contributed by atoms with Gasteiger partial charge in [0.25, 0.3) is 0 Å². The maximum absolute atomic E-state index is 2.37. The standard InChI is InChI=1S/C18H36N.ClH/c1-5-7-9-11-13-15-17-19(3,4)18-16-14-12-10-8-6-2;/h9-12H,5-8,13-18H2,1-4H3;1H/q+1;/p-1. The average molecular weight is 302 g/mol. The van der Waals surface area contributed by atoms with Gasteiger partial charge in [0.1, 0.15) is 0 Å². The van der Waals surface area contributed by atoms with Crippen molar-refractivity contribution in [3.8, 4) is 0 Å². The van der Waals surface area contributed by atoms with Gasteiger partial charge in [0.05, 0.1) is 27.2 Å². The number of unbranched alkanes of at least 4 members (excludes halogenated alkanes) is 4. The summed E-state index contributed by atoms with van der Waals surface area (Å²) in [6.45, 7) is 7.07. The van der Waals surface area contributed by atoms with E-state index in [4.69, 9.17) is 0 Å². The van der Waals surface area contributed by atoms with E-state index in [1.54, 1.807) is 0 Å². The molecule has 0 bridgehead atoms. The Morgan fingerprint density at radius 3 is 1.35 bits per heavy atom. The molecule has 0 aromatic rings. The van der Waals surface area contributed by atoms with Crippen LogP contribution >= 0.6 is 0 Å². The Balaban J connectivity index is 0. The van der Waals surface area contributed by atoms with Crippen molar-refractivity contribution in [1.82, 2.24) is 0 Å². The van der Waals surface area contributed by atoms with Gasteiger partial charge in [-0.1, -0.05) is 51.0 Å². The molecule has 0 spiro atoms. The Morgan fingerprint density at radius 2 is 1.00 bits per heavy atom. The molecule has 0 amide bonds. The van der Waals surface area contributed by atoms with Crippen LogP contribution in [0.4, 0.5) is 0 Å². The normalized spacial score (nSPS) is 12.2. The predicted octanol–water partition coefficient (Wildman–Crippen LogP) is 2.34. The second kappa shape index (κ2) is 15.1. The van der Waals surface area contributed by atoms with Crippen LogP contribution in [0.3, 0.4) is 0 Å². The number of nitrogens with zero attached hydrogens (tertiary/aromatic N) is 1. The summed E-state index contributed by atoms with van der Waals surface area (Å²) in [6.07, 6.45) is 19.5. The van der Waals surface area contributed by atoms with E-state index in [1.165, 1.54) is 68.9 Å². The van der Waals surface area contributed by atoms with E-state index < -0.39 is 0 Å². The van der Waals surface area contributed by atoms with Crippen molar-refractivity contribution in [1.29, 1.82) is 0 Å². The molecule has 0 rings (SSSR count). The number of quaternary nitrogens is 1. The van der Waals surface area contributed by atoms with Crippen molar-refractivity contribution < 1.29 is 16.9 Å². The van der Waals surface area contributed by atoms with Gasteiger partial charge in [0.2, 0.25) is 0 Å². The summed E-state index contributed by atoms with van der Waals surface area (Å²) < 4.78 is 1.17. The van der Waals surface area contributed by atoms with Gasteiger partial charge in [-0.15, -0.1) is 0 Å². The summed E-state index contributed by atoms with van der Waals surface area (Å²) in [5.74, 6) is 0. The second-order valence-corrected chi connectivity index (χ2v) is 6.19. The SMILES string of the molecule is CCCC=CCCC[N+](C)(C)CCCC=CCCC.[Cl-]. The molecular weight excluding hydrogens is 266 g/mol. The van der Waals surface area contributed by atoms with E-state index in [0.717, 1.165) is 0 Å². The second-order valence-electron chi connectivity index (χ2n) is 6.19.